The molecule has 7 heteroatoms. The molecule has 1 unspecified atom stereocenters. The van der Waals surface area contributed by atoms with Gasteiger partial charge in [0.1, 0.15) is 0 Å². The molecule has 1 aliphatic carbocycles. The average Bonchev–Trinajstić information content (AvgIpc) is 3.13. The van der Waals surface area contributed by atoms with E-state index in [0.29, 0.717) is 19.0 Å². The van der Waals surface area contributed by atoms with Crippen molar-refractivity contribution in [2.45, 2.75) is 83.7 Å². The van der Waals surface area contributed by atoms with E-state index in [9.17, 15) is 4.79 Å². The molecule has 1 saturated heterocycles. The number of piperidine rings is 1. The summed E-state index contributed by atoms with van der Waals surface area (Å²) in [6, 6.07) is 1.12. The molecule has 1 amide bonds. The van der Waals surface area contributed by atoms with Crippen LogP contribution in [0.3, 0.4) is 0 Å². The molecule has 0 aromatic heterocycles. The molecule has 2 aliphatic rings. The van der Waals surface area contributed by atoms with Gasteiger partial charge in [-0.15, -0.1) is 24.0 Å². The first-order valence-corrected chi connectivity index (χ1v) is 10.7. The van der Waals surface area contributed by atoms with Gasteiger partial charge in [-0.25, -0.2) is 0 Å². The van der Waals surface area contributed by atoms with Gasteiger partial charge in [0.25, 0.3) is 0 Å². The second kappa shape index (κ2) is 14.4. The van der Waals surface area contributed by atoms with Gasteiger partial charge in [0, 0.05) is 44.7 Å². The Morgan fingerprint density at radius 3 is 2.56 bits per heavy atom. The third-order valence-corrected chi connectivity index (χ3v) is 5.52. The fourth-order valence-corrected chi connectivity index (χ4v) is 3.96. The summed E-state index contributed by atoms with van der Waals surface area (Å²) in [4.78, 5) is 19.2. The molecular weight excluding hydrogens is 453 g/mol. The van der Waals surface area contributed by atoms with Gasteiger partial charge in [0.05, 0.1) is 0 Å². The minimum absolute atomic E-state index is 0. The van der Waals surface area contributed by atoms with Crippen LogP contribution in [0.25, 0.3) is 0 Å². The lowest BCUT2D eigenvalue weighted by atomic mass is 10.0. The largest absolute Gasteiger partial charge is 0.357 e. The summed E-state index contributed by atoms with van der Waals surface area (Å²) in [5, 5.41) is 9.69. The Morgan fingerprint density at radius 2 is 1.85 bits per heavy atom. The third-order valence-electron chi connectivity index (χ3n) is 5.52. The molecule has 0 spiro atoms. The van der Waals surface area contributed by atoms with Crippen LogP contribution in [0, 0.1) is 0 Å². The highest BCUT2D eigenvalue weighted by Crippen LogP contribution is 2.17. The molecule has 1 heterocycles. The number of nitrogens with one attached hydrogen (secondary N) is 3. The number of halogens is 1. The van der Waals surface area contributed by atoms with E-state index in [1.807, 2.05) is 0 Å². The summed E-state index contributed by atoms with van der Waals surface area (Å²) in [5.74, 6) is 0.979. The first-order valence-electron chi connectivity index (χ1n) is 10.7. The van der Waals surface area contributed by atoms with Crippen LogP contribution in [0.15, 0.2) is 4.99 Å². The molecule has 2 rings (SSSR count). The zero-order valence-electron chi connectivity index (χ0n) is 17.3. The first-order chi connectivity index (χ1) is 12.7. The molecule has 3 N–H and O–H groups in total. The van der Waals surface area contributed by atoms with Crippen molar-refractivity contribution in [2.24, 2.45) is 4.99 Å². The number of hydrogen-bond acceptors (Lipinski definition) is 3. The topological polar surface area (TPSA) is 68.8 Å². The van der Waals surface area contributed by atoms with Crippen molar-refractivity contribution in [1.29, 1.82) is 0 Å². The highest BCUT2D eigenvalue weighted by atomic mass is 127. The van der Waals surface area contributed by atoms with Crippen LogP contribution in [0.1, 0.15) is 71.6 Å². The Kier molecular flexibility index (Phi) is 13.1. The van der Waals surface area contributed by atoms with Gasteiger partial charge >= 0.3 is 0 Å². The molecule has 0 bridgehead atoms. The second-order valence-corrected chi connectivity index (χ2v) is 7.72. The summed E-state index contributed by atoms with van der Waals surface area (Å²) in [7, 11) is 0. The lowest BCUT2D eigenvalue weighted by Gasteiger charge is -2.33. The maximum atomic E-state index is 12.0. The van der Waals surface area contributed by atoms with Crippen LogP contribution < -0.4 is 16.0 Å². The molecule has 1 atom stereocenters. The van der Waals surface area contributed by atoms with E-state index >= 15 is 0 Å². The molecule has 0 aromatic rings. The van der Waals surface area contributed by atoms with Crippen molar-refractivity contribution in [3.05, 3.63) is 0 Å². The number of hydrogen-bond donors (Lipinski definition) is 3. The van der Waals surface area contributed by atoms with E-state index in [1.165, 1.54) is 38.6 Å². The molecular formula is C20H40IN5O. The van der Waals surface area contributed by atoms with E-state index in [2.05, 4.69) is 39.7 Å². The average molecular weight is 493 g/mol. The van der Waals surface area contributed by atoms with Crippen LogP contribution in [0.2, 0.25) is 0 Å². The zero-order valence-corrected chi connectivity index (χ0v) is 19.6. The minimum Gasteiger partial charge on any atom is -0.357 e. The number of likely N-dealkylation sites (tertiary alicyclic amines) is 1. The Hall–Kier alpha value is -0.570. The normalized spacial score (nSPS) is 21.6. The van der Waals surface area contributed by atoms with Crippen LogP contribution >= 0.6 is 24.0 Å². The molecule has 1 saturated carbocycles. The number of rotatable bonds is 9. The zero-order chi connectivity index (χ0) is 18.6. The number of amides is 1. The molecule has 1 aliphatic heterocycles. The smallest absolute Gasteiger partial charge is 0.221 e. The Bertz CT molecular complexity index is 440. The predicted octanol–water partition coefficient (Wildman–Crippen LogP) is 2.87. The van der Waals surface area contributed by atoms with Crippen molar-refractivity contribution in [2.75, 3.05) is 32.7 Å². The summed E-state index contributed by atoms with van der Waals surface area (Å²) >= 11 is 0. The van der Waals surface area contributed by atoms with Crippen molar-refractivity contribution >= 4 is 35.8 Å². The SMILES string of the molecule is CCNC(=NCCCN1CCCCC1C)NCCC(=O)NC1CCCC1.I. The summed E-state index contributed by atoms with van der Waals surface area (Å²) in [5.41, 5.74) is 0. The van der Waals surface area contributed by atoms with Crippen LogP contribution in [-0.2, 0) is 4.79 Å². The summed E-state index contributed by atoms with van der Waals surface area (Å²) in [6.45, 7) is 9.07. The second-order valence-electron chi connectivity index (χ2n) is 7.72. The maximum absolute atomic E-state index is 12.0. The van der Waals surface area contributed by atoms with E-state index < -0.39 is 0 Å². The highest BCUT2D eigenvalue weighted by molar-refractivity contribution is 14.0. The van der Waals surface area contributed by atoms with Gasteiger partial charge in [-0.05, 0) is 52.5 Å². The lowest BCUT2D eigenvalue weighted by Crippen LogP contribution is -2.41. The fourth-order valence-electron chi connectivity index (χ4n) is 3.96. The predicted molar refractivity (Wildman–Crippen MR) is 124 cm³/mol. The number of aliphatic imine (C=N–C) groups is 1. The van der Waals surface area contributed by atoms with E-state index in [0.717, 1.165) is 50.9 Å². The van der Waals surface area contributed by atoms with E-state index in [1.54, 1.807) is 0 Å². The number of guanidine groups is 1. The number of carbonyl (C=O) groups excluding carboxylic acids is 1. The van der Waals surface area contributed by atoms with Gasteiger partial charge in [-0.3, -0.25) is 9.79 Å². The van der Waals surface area contributed by atoms with Gasteiger partial charge < -0.3 is 20.9 Å². The van der Waals surface area contributed by atoms with Crippen molar-refractivity contribution in [1.82, 2.24) is 20.9 Å². The van der Waals surface area contributed by atoms with E-state index in [4.69, 9.17) is 0 Å². The minimum atomic E-state index is 0. The number of nitrogens with zero attached hydrogens (tertiary/aromatic N) is 2. The monoisotopic (exact) mass is 493 g/mol. The molecule has 0 aromatic carbocycles. The number of carbonyl (C=O) groups is 1. The molecule has 27 heavy (non-hydrogen) atoms. The van der Waals surface area contributed by atoms with Gasteiger partial charge in [0.15, 0.2) is 5.96 Å². The summed E-state index contributed by atoms with van der Waals surface area (Å²) in [6.07, 6.45) is 10.4. The molecule has 6 nitrogen and oxygen atoms in total. The standard InChI is InChI=1S/C20H39N5O.HI/c1-3-21-20(22-13-8-16-25-15-7-6-9-17(25)2)23-14-12-19(26)24-18-10-4-5-11-18;/h17-18H,3-16H2,1-2H3,(H,24,26)(H2,21,22,23);1H. The fraction of sp³-hybridized carbons (Fsp3) is 0.900. The quantitative estimate of drug-likeness (QED) is 0.200. The lowest BCUT2D eigenvalue weighted by molar-refractivity contribution is -0.121. The molecule has 0 radical (unpaired) electrons. The molecule has 158 valence electrons. The molecule has 2 fully saturated rings. The van der Waals surface area contributed by atoms with Gasteiger partial charge in [0.2, 0.25) is 5.91 Å². The Balaban J connectivity index is 0.00000364. The Labute approximate surface area is 182 Å². The van der Waals surface area contributed by atoms with Crippen molar-refractivity contribution in [3.8, 4) is 0 Å². The van der Waals surface area contributed by atoms with Crippen molar-refractivity contribution in [3.63, 3.8) is 0 Å². The van der Waals surface area contributed by atoms with Crippen LogP contribution in [-0.4, -0.2) is 61.6 Å². The first kappa shape index (κ1) is 24.5. The summed E-state index contributed by atoms with van der Waals surface area (Å²) < 4.78 is 0. The van der Waals surface area contributed by atoms with Crippen molar-refractivity contribution < 1.29 is 4.79 Å². The van der Waals surface area contributed by atoms with Gasteiger partial charge in [-0.2, -0.15) is 0 Å². The van der Waals surface area contributed by atoms with Crippen LogP contribution in [0.5, 0.6) is 0 Å². The Morgan fingerprint density at radius 1 is 1.11 bits per heavy atom. The van der Waals surface area contributed by atoms with E-state index in [-0.39, 0.29) is 29.9 Å². The third kappa shape index (κ3) is 9.96. The van der Waals surface area contributed by atoms with Crippen LogP contribution in [0.4, 0.5) is 0 Å². The highest BCUT2D eigenvalue weighted by Gasteiger charge is 2.17. The maximum Gasteiger partial charge on any atom is 0.221 e. The van der Waals surface area contributed by atoms with Gasteiger partial charge in [-0.1, -0.05) is 19.3 Å².